The maximum atomic E-state index is 11.3. The zero-order chi connectivity index (χ0) is 9.52. The molecule has 1 aromatic rings. The average Bonchev–Trinajstić information content (AvgIpc) is 2.57. The lowest BCUT2D eigenvalue weighted by atomic mass is 10.1. The summed E-state index contributed by atoms with van der Waals surface area (Å²) in [4.78, 5) is 11.3. The van der Waals surface area contributed by atoms with Crippen LogP contribution in [-0.2, 0) is 11.2 Å². The van der Waals surface area contributed by atoms with E-state index in [9.17, 15) is 4.79 Å². The highest BCUT2D eigenvalue weighted by Crippen LogP contribution is 2.03. The van der Waals surface area contributed by atoms with Crippen molar-refractivity contribution in [1.29, 1.82) is 0 Å². The molecule has 0 unspecified atom stereocenters. The number of Topliss-reactive ketones (excluding diaryl/α,β-unsaturated/α-hetero) is 1. The van der Waals surface area contributed by atoms with Gasteiger partial charge in [-0.1, -0.05) is 0 Å². The van der Waals surface area contributed by atoms with E-state index in [0.29, 0.717) is 12.8 Å². The van der Waals surface area contributed by atoms with Gasteiger partial charge >= 0.3 is 0 Å². The van der Waals surface area contributed by atoms with Crippen LogP contribution >= 0.6 is 0 Å². The van der Waals surface area contributed by atoms with Crippen molar-refractivity contribution in [3.63, 3.8) is 0 Å². The highest BCUT2D eigenvalue weighted by Gasteiger charge is 2.03. The number of hydrogen-bond acceptors (Lipinski definition) is 3. The van der Waals surface area contributed by atoms with Crippen molar-refractivity contribution in [3.05, 3.63) is 24.2 Å². The first kappa shape index (κ1) is 9.99. The summed E-state index contributed by atoms with van der Waals surface area (Å²) in [5, 5.41) is 3.01. The predicted molar refractivity (Wildman–Crippen MR) is 50.6 cm³/mol. The molecule has 0 aliphatic heterocycles. The summed E-state index contributed by atoms with van der Waals surface area (Å²) in [5.41, 5.74) is 0.967. The van der Waals surface area contributed by atoms with Crippen LogP contribution in [0.15, 0.2) is 23.0 Å². The summed E-state index contributed by atoms with van der Waals surface area (Å²) in [7, 11) is 1.89. The molecule has 1 N–H and O–H groups in total. The molecule has 0 amide bonds. The summed E-state index contributed by atoms with van der Waals surface area (Å²) >= 11 is 0. The maximum absolute atomic E-state index is 11.3. The van der Waals surface area contributed by atoms with E-state index in [1.54, 1.807) is 12.5 Å². The van der Waals surface area contributed by atoms with Gasteiger partial charge in [0.1, 0.15) is 5.78 Å². The van der Waals surface area contributed by atoms with E-state index in [2.05, 4.69) is 5.32 Å². The van der Waals surface area contributed by atoms with Crippen LogP contribution in [0, 0.1) is 0 Å². The van der Waals surface area contributed by atoms with Crippen LogP contribution in [0.25, 0.3) is 0 Å². The maximum Gasteiger partial charge on any atom is 0.137 e. The molecule has 0 fully saturated rings. The minimum absolute atomic E-state index is 0.275. The Morgan fingerprint density at radius 2 is 2.46 bits per heavy atom. The Bertz CT molecular complexity index is 241. The van der Waals surface area contributed by atoms with E-state index in [-0.39, 0.29) is 5.78 Å². The fourth-order valence-electron chi connectivity index (χ4n) is 1.17. The number of carbonyl (C=O) groups excluding carboxylic acids is 1. The third kappa shape index (κ3) is 3.90. The first-order chi connectivity index (χ1) is 6.33. The molecule has 0 atom stereocenters. The van der Waals surface area contributed by atoms with Crippen molar-refractivity contribution < 1.29 is 9.21 Å². The molecule has 0 aliphatic rings. The second-order valence-corrected chi connectivity index (χ2v) is 3.05. The molecule has 3 nitrogen and oxygen atoms in total. The van der Waals surface area contributed by atoms with Crippen molar-refractivity contribution >= 4 is 5.78 Å². The number of furan rings is 1. The third-order valence-electron chi connectivity index (χ3n) is 1.86. The fourth-order valence-corrected chi connectivity index (χ4v) is 1.17. The number of nitrogens with one attached hydrogen (secondary N) is 1. The predicted octanol–water partition coefficient (Wildman–Crippen LogP) is 1.39. The Hall–Kier alpha value is -1.09. The van der Waals surface area contributed by atoms with Crippen LogP contribution in [0.5, 0.6) is 0 Å². The highest BCUT2D eigenvalue weighted by molar-refractivity contribution is 5.80. The lowest BCUT2D eigenvalue weighted by Crippen LogP contribution is -2.10. The van der Waals surface area contributed by atoms with E-state index in [0.717, 1.165) is 18.5 Å². The van der Waals surface area contributed by atoms with Crippen LogP contribution in [0.4, 0.5) is 0 Å². The van der Waals surface area contributed by atoms with Gasteiger partial charge in [0.15, 0.2) is 0 Å². The average molecular weight is 181 g/mol. The number of rotatable bonds is 6. The molecule has 13 heavy (non-hydrogen) atoms. The van der Waals surface area contributed by atoms with Crippen molar-refractivity contribution in [1.82, 2.24) is 5.32 Å². The quantitative estimate of drug-likeness (QED) is 0.674. The molecule has 0 saturated heterocycles. The normalized spacial score (nSPS) is 10.2. The molecular weight excluding hydrogens is 166 g/mol. The van der Waals surface area contributed by atoms with Crippen LogP contribution in [0.3, 0.4) is 0 Å². The molecule has 0 aliphatic carbocycles. The molecule has 1 rings (SSSR count). The molecule has 1 aromatic heterocycles. The van der Waals surface area contributed by atoms with E-state index >= 15 is 0 Å². The largest absolute Gasteiger partial charge is 0.472 e. The standard InChI is InChI=1S/C10H15NO2/c1-11-5-2-3-10(12)7-9-4-6-13-8-9/h4,6,8,11H,2-3,5,7H2,1H3. The van der Waals surface area contributed by atoms with Gasteiger partial charge in [0.05, 0.1) is 12.5 Å². The van der Waals surface area contributed by atoms with E-state index in [4.69, 9.17) is 4.42 Å². The second-order valence-electron chi connectivity index (χ2n) is 3.05. The van der Waals surface area contributed by atoms with Gasteiger partial charge in [-0.05, 0) is 31.6 Å². The Labute approximate surface area is 78.1 Å². The lowest BCUT2D eigenvalue weighted by Gasteiger charge is -1.98. The minimum atomic E-state index is 0.275. The number of hydrogen-bond donors (Lipinski definition) is 1. The minimum Gasteiger partial charge on any atom is -0.472 e. The smallest absolute Gasteiger partial charge is 0.137 e. The Morgan fingerprint density at radius 1 is 1.62 bits per heavy atom. The molecule has 1 heterocycles. The summed E-state index contributed by atoms with van der Waals surface area (Å²) in [6.07, 6.45) is 5.27. The SMILES string of the molecule is CNCCCC(=O)Cc1ccoc1. The van der Waals surface area contributed by atoms with Crippen LogP contribution in [-0.4, -0.2) is 19.4 Å². The molecular formula is C10H15NO2. The first-order valence-electron chi connectivity index (χ1n) is 4.50. The van der Waals surface area contributed by atoms with E-state index in [1.807, 2.05) is 13.1 Å². The number of carbonyl (C=O) groups is 1. The van der Waals surface area contributed by atoms with Gasteiger partial charge in [-0.25, -0.2) is 0 Å². The summed E-state index contributed by atoms with van der Waals surface area (Å²) in [5.74, 6) is 0.275. The van der Waals surface area contributed by atoms with Gasteiger partial charge in [-0.2, -0.15) is 0 Å². The molecule has 3 heteroatoms. The topological polar surface area (TPSA) is 42.2 Å². The number of ketones is 1. The monoisotopic (exact) mass is 181 g/mol. The molecule has 0 aromatic carbocycles. The van der Waals surface area contributed by atoms with E-state index in [1.165, 1.54) is 0 Å². The van der Waals surface area contributed by atoms with Gasteiger partial charge in [0.25, 0.3) is 0 Å². The Morgan fingerprint density at radius 3 is 3.08 bits per heavy atom. The van der Waals surface area contributed by atoms with Crippen LogP contribution in [0.2, 0.25) is 0 Å². The first-order valence-corrected chi connectivity index (χ1v) is 4.50. The van der Waals surface area contributed by atoms with Gasteiger partial charge in [0, 0.05) is 12.8 Å². The van der Waals surface area contributed by atoms with Crippen molar-refractivity contribution in [2.24, 2.45) is 0 Å². The lowest BCUT2D eigenvalue weighted by molar-refractivity contribution is -0.118. The zero-order valence-corrected chi connectivity index (χ0v) is 7.88. The summed E-state index contributed by atoms with van der Waals surface area (Å²) in [6, 6.07) is 1.83. The molecule has 0 bridgehead atoms. The zero-order valence-electron chi connectivity index (χ0n) is 7.88. The van der Waals surface area contributed by atoms with Gasteiger partial charge < -0.3 is 9.73 Å². The summed E-state index contributed by atoms with van der Waals surface area (Å²) in [6.45, 7) is 0.900. The van der Waals surface area contributed by atoms with Crippen LogP contribution < -0.4 is 5.32 Å². The van der Waals surface area contributed by atoms with Crippen molar-refractivity contribution in [2.75, 3.05) is 13.6 Å². The van der Waals surface area contributed by atoms with Gasteiger partial charge in [-0.15, -0.1) is 0 Å². The van der Waals surface area contributed by atoms with Gasteiger partial charge in [-0.3, -0.25) is 4.79 Å². The Balaban J connectivity index is 2.18. The third-order valence-corrected chi connectivity index (χ3v) is 1.86. The highest BCUT2D eigenvalue weighted by atomic mass is 16.3. The molecule has 0 spiro atoms. The van der Waals surface area contributed by atoms with Crippen molar-refractivity contribution in [2.45, 2.75) is 19.3 Å². The Kier molecular flexibility index (Phi) is 4.26. The van der Waals surface area contributed by atoms with E-state index < -0.39 is 0 Å². The van der Waals surface area contributed by atoms with Crippen LogP contribution in [0.1, 0.15) is 18.4 Å². The molecule has 72 valence electrons. The molecule has 0 saturated carbocycles. The van der Waals surface area contributed by atoms with Crippen molar-refractivity contribution in [3.8, 4) is 0 Å². The molecule has 0 radical (unpaired) electrons. The summed E-state index contributed by atoms with van der Waals surface area (Å²) < 4.78 is 4.88. The second kappa shape index (κ2) is 5.54. The fraction of sp³-hybridized carbons (Fsp3) is 0.500. The van der Waals surface area contributed by atoms with Gasteiger partial charge in [0.2, 0.25) is 0 Å².